The summed E-state index contributed by atoms with van der Waals surface area (Å²) in [5.74, 6) is 0.226. The Kier molecular flexibility index (Phi) is 3.52. The molecule has 0 saturated carbocycles. The molecule has 1 saturated heterocycles. The van der Waals surface area contributed by atoms with Gasteiger partial charge in [0.25, 0.3) is 0 Å². The van der Waals surface area contributed by atoms with Crippen LogP contribution in [0.3, 0.4) is 0 Å². The van der Waals surface area contributed by atoms with Gasteiger partial charge in [-0.05, 0) is 52.9 Å². The molecule has 0 unspecified atom stereocenters. The summed E-state index contributed by atoms with van der Waals surface area (Å²) in [7, 11) is 0. The summed E-state index contributed by atoms with van der Waals surface area (Å²) in [6.07, 6.45) is 1.62. The van der Waals surface area contributed by atoms with Crippen LogP contribution in [0, 0.1) is 0 Å². The molecule has 3 heteroatoms. The molecule has 0 aromatic heterocycles. The molecule has 26 heavy (non-hydrogen) atoms. The molecule has 3 aromatic rings. The highest BCUT2D eigenvalue weighted by Gasteiger charge is 2.28. The van der Waals surface area contributed by atoms with Crippen LogP contribution < -0.4 is 10.2 Å². The van der Waals surface area contributed by atoms with Gasteiger partial charge in [-0.15, -0.1) is 0 Å². The standard InChI is InChI=1S/C23H20N2O/c26-22-10-5-15-25(22)17-13-11-16(12-14-17)24-23-20-8-3-1-6-18(20)19-7-2-4-9-21(19)23/h1-4,6-9,11-14,23-24H,5,10,15H2. The number of amides is 1. The molecule has 128 valence electrons. The van der Waals surface area contributed by atoms with E-state index in [2.05, 4.69) is 66.0 Å². The van der Waals surface area contributed by atoms with Crippen molar-refractivity contribution in [3.8, 4) is 11.1 Å². The van der Waals surface area contributed by atoms with E-state index in [1.165, 1.54) is 22.3 Å². The van der Waals surface area contributed by atoms with Crippen molar-refractivity contribution in [3.05, 3.63) is 83.9 Å². The third-order valence-electron chi connectivity index (χ3n) is 5.40. The van der Waals surface area contributed by atoms with Crippen LogP contribution in [0.15, 0.2) is 72.8 Å². The zero-order valence-corrected chi connectivity index (χ0v) is 14.5. The van der Waals surface area contributed by atoms with Gasteiger partial charge in [0.1, 0.15) is 0 Å². The molecule has 1 aliphatic heterocycles. The molecular formula is C23H20N2O. The summed E-state index contributed by atoms with van der Waals surface area (Å²) in [6, 6.07) is 25.6. The average molecular weight is 340 g/mol. The number of carbonyl (C=O) groups excluding carboxylic acids is 1. The molecular weight excluding hydrogens is 320 g/mol. The average Bonchev–Trinajstić information content (AvgIpc) is 3.25. The third-order valence-corrected chi connectivity index (χ3v) is 5.40. The fourth-order valence-electron chi connectivity index (χ4n) is 4.14. The van der Waals surface area contributed by atoms with Gasteiger partial charge in [0, 0.05) is 24.3 Å². The van der Waals surface area contributed by atoms with E-state index >= 15 is 0 Å². The van der Waals surface area contributed by atoms with Gasteiger partial charge in [0.2, 0.25) is 5.91 Å². The zero-order valence-electron chi connectivity index (χ0n) is 14.5. The summed E-state index contributed by atoms with van der Waals surface area (Å²) < 4.78 is 0. The normalized spacial score (nSPS) is 15.8. The van der Waals surface area contributed by atoms with Crippen molar-refractivity contribution in [2.45, 2.75) is 18.9 Å². The quantitative estimate of drug-likeness (QED) is 0.728. The predicted molar refractivity (Wildman–Crippen MR) is 105 cm³/mol. The molecule has 1 aliphatic carbocycles. The molecule has 1 N–H and O–H groups in total. The lowest BCUT2D eigenvalue weighted by atomic mass is 10.0. The molecule has 3 aromatic carbocycles. The van der Waals surface area contributed by atoms with E-state index in [1.807, 2.05) is 17.0 Å². The maximum absolute atomic E-state index is 11.9. The van der Waals surface area contributed by atoms with Crippen molar-refractivity contribution in [1.82, 2.24) is 0 Å². The van der Waals surface area contributed by atoms with Gasteiger partial charge in [-0.1, -0.05) is 48.5 Å². The van der Waals surface area contributed by atoms with E-state index in [0.717, 1.165) is 24.3 Å². The highest BCUT2D eigenvalue weighted by molar-refractivity contribution is 5.95. The molecule has 1 heterocycles. The van der Waals surface area contributed by atoms with E-state index in [-0.39, 0.29) is 11.9 Å². The molecule has 0 radical (unpaired) electrons. The summed E-state index contributed by atoms with van der Waals surface area (Å²) in [5.41, 5.74) is 7.29. The van der Waals surface area contributed by atoms with Gasteiger partial charge in [0.15, 0.2) is 0 Å². The second-order valence-electron chi connectivity index (χ2n) is 6.95. The number of anilines is 2. The number of nitrogens with one attached hydrogen (secondary N) is 1. The Bertz CT molecular complexity index is 932. The first-order valence-electron chi connectivity index (χ1n) is 9.16. The van der Waals surface area contributed by atoms with Crippen molar-refractivity contribution in [2.24, 2.45) is 0 Å². The Labute approximate surface area is 153 Å². The van der Waals surface area contributed by atoms with Gasteiger partial charge in [0.05, 0.1) is 6.04 Å². The maximum atomic E-state index is 11.9. The van der Waals surface area contributed by atoms with Crippen molar-refractivity contribution in [1.29, 1.82) is 0 Å². The van der Waals surface area contributed by atoms with Crippen LogP contribution in [0.5, 0.6) is 0 Å². The highest BCUT2D eigenvalue weighted by atomic mass is 16.2. The van der Waals surface area contributed by atoms with Crippen LogP contribution in [0.25, 0.3) is 11.1 Å². The number of fused-ring (bicyclic) bond motifs is 3. The zero-order chi connectivity index (χ0) is 17.5. The van der Waals surface area contributed by atoms with Crippen molar-refractivity contribution in [3.63, 3.8) is 0 Å². The van der Waals surface area contributed by atoms with Crippen LogP contribution in [0.4, 0.5) is 11.4 Å². The molecule has 1 fully saturated rings. The van der Waals surface area contributed by atoms with E-state index in [1.54, 1.807) is 0 Å². The van der Waals surface area contributed by atoms with E-state index in [0.29, 0.717) is 6.42 Å². The van der Waals surface area contributed by atoms with Gasteiger partial charge >= 0.3 is 0 Å². The molecule has 0 spiro atoms. The lowest BCUT2D eigenvalue weighted by molar-refractivity contribution is -0.117. The number of nitrogens with zero attached hydrogens (tertiary/aromatic N) is 1. The summed E-state index contributed by atoms with van der Waals surface area (Å²) in [5, 5.41) is 3.68. The van der Waals surface area contributed by atoms with Crippen LogP contribution in [0.1, 0.15) is 30.0 Å². The van der Waals surface area contributed by atoms with Crippen LogP contribution in [-0.2, 0) is 4.79 Å². The first-order chi connectivity index (χ1) is 12.8. The number of rotatable bonds is 3. The molecule has 2 aliphatic rings. The minimum Gasteiger partial charge on any atom is -0.374 e. The van der Waals surface area contributed by atoms with Gasteiger partial charge < -0.3 is 10.2 Å². The van der Waals surface area contributed by atoms with Gasteiger partial charge in [-0.3, -0.25) is 4.79 Å². The van der Waals surface area contributed by atoms with Crippen molar-refractivity contribution >= 4 is 17.3 Å². The fraction of sp³-hybridized carbons (Fsp3) is 0.174. The third kappa shape index (κ3) is 2.39. The monoisotopic (exact) mass is 340 g/mol. The Morgan fingerprint density at radius 3 is 2.00 bits per heavy atom. The number of benzene rings is 3. The van der Waals surface area contributed by atoms with E-state index < -0.39 is 0 Å². The topological polar surface area (TPSA) is 32.3 Å². The molecule has 1 amide bonds. The lowest BCUT2D eigenvalue weighted by Crippen LogP contribution is -2.23. The first-order valence-corrected chi connectivity index (χ1v) is 9.16. The summed E-state index contributed by atoms with van der Waals surface area (Å²) >= 11 is 0. The highest BCUT2D eigenvalue weighted by Crippen LogP contribution is 2.44. The SMILES string of the molecule is O=C1CCCN1c1ccc(NC2c3ccccc3-c3ccccc32)cc1. The van der Waals surface area contributed by atoms with Gasteiger partial charge in [-0.2, -0.15) is 0 Å². The summed E-state index contributed by atoms with van der Waals surface area (Å²) in [6.45, 7) is 0.828. The largest absolute Gasteiger partial charge is 0.374 e. The van der Waals surface area contributed by atoms with Crippen LogP contribution in [-0.4, -0.2) is 12.5 Å². The van der Waals surface area contributed by atoms with Crippen LogP contribution in [0.2, 0.25) is 0 Å². The lowest BCUT2D eigenvalue weighted by Gasteiger charge is -2.19. The maximum Gasteiger partial charge on any atom is 0.227 e. The number of carbonyl (C=O) groups is 1. The molecule has 3 nitrogen and oxygen atoms in total. The minimum absolute atomic E-state index is 0.154. The molecule has 5 rings (SSSR count). The van der Waals surface area contributed by atoms with Crippen LogP contribution >= 0.6 is 0 Å². The van der Waals surface area contributed by atoms with E-state index in [9.17, 15) is 4.79 Å². The minimum atomic E-state index is 0.154. The summed E-state index contributed by atoms with van der Waals surface area (Å²) in [4.78, 5) is 13.8. The number of hydrogen-bond donors (Lipinski definition) is 1. The smallest absolute Gasteiger partial charge is 0.227 e. The second-order valence-corrected chi connectivity index (χ2v) is 6.95. The Hall–Kier alpha value is -3.07. The number of hydrogen-bond acceptors (Lipinski definition) is 2. The Morgan fingerprint density at radius 2 is 1.42 bits per heavy atom. The van der Waals surface area contributed by atoms with Gasteiger partial charge in [-0.25, -0.2) is 0 Å². The van der Waals surface area contributed by atoms with Crippen molar-refractivity contribution in [2.75, 3.05) is 16.8 Å². The van der Waals surface area contributed by atoms with E-state index in [4.69, 9.17) is 0 Å². The first kappa shape index (κ1) is 15.2. The second kappa shape index (κ2) is 6.03. The van der Waals surface area contributed by atoms with Crippen molar-refractivity contribution < 1.29 is 4.79 Å². The molecule has 0 atom stereocenters. The molecule has 0 bridgehead atoms. The Balaban J connectivity index is 1.45. The predicted octanol–water partition coefficient (Wildman–Crippen LogP) is 5.00. The fourth-order valence-corrected chi connectivity index (χ4v) is 4.14. The Morgan fingerprint density at radius 1 is 0.808 bits per heavy atom.